The van der Waals surface area contributed by atoms with Crippen molar-refractivity contribution in [3.05, 3.63) is 54.3 Å². The first-order valence-electron chi connectivity index (χ1n) is 8.87. The van der Waals surface area contributed by atoms with E-state index < -0.39 is 22.5 Å². The number of sulfonamides is 1. The molecule has 0 spiro atoms. The van der Waals surface area contributed by atoms with Gasteiger partial charge in [-0.2, -0.15) is 13.1 Å². The zero-order valence-corrected chi connectivity index (χ0v) is 16.0. The number of amides is 1. The van der Waals surface area contributed by atoms with Gasteiger partial charge in [-0.3, -0.25) is 4.79 Å². The van der Waals surface area contributed by atoms with E-state index in [0.717, 1.165) is 0 Å². The van der Waals surface area contributed by atoms with E-state index in [0.29, 0.717) is 18.5 Å². The molecule has 1 heterocycles. The van der Waals surface area contributed by atoms with Crippen molar-refractivity contribution in [2.24, 2.45) is 5.92 Å². The number of carbonyl (C=O) groups excluding carboxylic acids is 1. The van der Waals surface area contributed by atoms with Crippen molar-refractivity contribution in [1.29, 1.82) is 0 Å². The predicted octanol–water partition coefficient (Wildman–Crippen LogP) is 3.47. The van der Waals surface area contributed by atoms with Crippen molar-refractivity contribution in [1.82, 2.24) is 4.31 Å². The molecule has 6 nitrogen and oxygen atoms in total. The molecule has 2 aromatic carbocycles. The Morgan fingerprint density at radius 3 is 2.17 bits per heavy atom. The molecule has 0 unspecified atom stereocenters. The highest BCUT2D eigenvalue weighted by molar-refractivity contribution is 7.89. The summed E-state index contributed by atoms with van der Waals surface area (Å²) < 4.78 is 68.3. The zero-order chi connectivity index (χ0) is 21.0. The Morgan fingerprint density at radius 2 is 1.62 bits per heavy atom. The summed E-state index contributed by atoms with van der Waals surface area (Å²) in [4.78, 5) is 12.3. The number of benzene rings is 2. The molecule has 10 heteroatoms. The van der Waals surface area contributed by atoms with Crippen LogP contribution in [0.5, 0.6) is 5.75 Å². The Balaban J connectivity index is 1.58. The lowest BCUT2D eigenvalue weighted by molar-refractivity contribution is -0.120. The molecular weight excluding hydrogens is 409 g/mol. The number of halogens is 3. The highest BCUT2D eigenvalue weighted by Gasteiger charge is 2.32. The molecule has 29 heavy (non-hydrogen) atoms. The van der Waals surface area contributed by atoms with E-state index >= 15 is 0 Å². The molecule has 1 N–H and O–H groups in total. The molecule has 1 amide bonds. The summed E-state index contributed by atoms with van der Waals surface area (Å²) in [5.41, 5.74) is 0.470. The second-order valence-electron chi connectivity index (χ2n) is 6.52. The lowest BCUT2D eigenvalue weighted by atomic mass is 9.97. The molecular formula is C19H19F3N2O4S. The van der Waals surface area contributed by atoms with Crippen LogP contribution >= 0.6 is 0 Å². The molecule has 156 valence electrons. The van der Waals surface area contributed by atoms with Gasteiger partial charge in [-0.25, -0.2) is 12.8 Å². The Hall–Kier alpha value is -2.59. The van der Waals surface area contributed by atoms with Crippen LogP contribution in [0.15, 0.2) is 53.4 Å². The standard InChI is InChI=1S/C19H19F3N2O4S/c20-14-1-3-15(4-2-14)23-18(25)13-9-11-24(12-10-13)29(26,27)17-7-5-16(6-8-17)28-19(21)22/h1-8,13,19H,9-12H2,(H,23,25). The fraction of sp³-hybridized carbons (Fsp3) is 0.316. The third kappa shape index (κ3) is 5.27. The first-order valence-corrected chi connectivity index (χ1v) is 10.3. The van der Waals surface area contributed by atoms with Gasteiger partial charge in [0.25, 0.3) is 0 Å². The van der Waals surface area contributed by atoms with E-state index in [4.69, 9.17) is 0 Å². The lowest BCUT2D eigenvalue weighted by Gasteiger charge is -2.30. The van der Waals surface area contributed by atoms with Crippen molar-refractivity contribution in [2.75, 3.05) is 18.4 Å². The number of nitrogens with one attached hydrogen (secondary N) is 1. The largest absolute Gasteiger partial charge is 0.435 e. The summed E-state index contributed by atoms with van der Waals surface area (Å²) in [6, 6.07) is 10.1. The molecule has 0 aromatic heterocycles. The molecule has 3 rings (SSSR count). The lowest BCUT2D eigenvalue weighted by Crippen LogP contribution is -2.41. The molecule has 1 aliphatic heterocycles. The number of nitrogens with zero attached hydrogens (tertiary/aromatic N) is 1. The summed E-state index contributed by atoms with van der Waals surface area (Å²) in [7, 11) is -3.80. The van der Waals surface area contributed by atoms with Crippen LogP contribution in [0.25, 0.3) is 0 Å². The number of hydrogen-bond acceptors (Lipinski definition) is 4. The van der Waals surface area contributed by atoms with Crippen LogP contribution in [0.2, 0.25) is 0 Å². The highest BCUT2D eigenvalue weighted by Crippen LogP contribution is 2.26. The topological polar surface area (TPSA) is 75.7 Å². The molecule has 1 fully saturated rings. The number of hydrogen-bond donors (Lipinski definition) is 1. The summed E-state index contributed by atoms with van der Waals surface area (Å²) in [5.74, 6) is -1.15. The van der Waals surface area contributed by atoms with E-state index in [9.17, 15) is 26.4 Å². The summed E-state index contributed by atoms with van der Waals surface area (Å²) in [6.07, 6.45) is 0.664. The maximum atomic E-state index is 12.9. The van der Waals surface area contributed by atoms with Crippen LogP contribution in [-0.4, -0.2) is 38.3 Å². The van der Waals surface area contributed by atoms with Crippen LogP contribution in [0.3, 0.4) is 0 Å². The first-order chi connectivity index (χ1) is 13.8. The van der Waals surface area contributed by atoms with Crippen molar-refractivity contribution >= 4 is 21.6 Å². The van der Waals surface area contributed by atoms with Crippen molar-refractivity contribution in [2.45, 2.75) is 24.3 Å². The Labute approximate surface area is 166 Å². The van der Waals surface area contributed by atoms with E-state index in [2.05, 4.69) is 10.1 Å². The van der Waals surface area contributed by atoms with Gasteiger partial charge in [-0.1, -0.05) is 0 Å². The molecule has 0 radical (unpaired) electrons. The van der Waals surface area contributed by atoms with Gasteiger partial charge < -0.3 is 10.1 Å². The minimum absolute atomic E-state index is 0.0340. The normalized spacial score (nSPS) is 16.0. The number of piperidine rings is 1. The molecule has 0 saturated carbocycles. The Morgan fingerprint density at radius 1 is 1.03 bits per heavy atom. The molecule has 0 atom stereocenters. The predicted molar refractivity (Wildman–Crippen MR) is 99.6 cm³/mol. The average Bonchev–Trinajstić information content (AvgIpc) is 2.70. The van der Waals surface area contributed by atoms with Gasteiger partial charge in [-0.05, 0) is 61.4 Å². The fourth-order valence-electron chi connectivity index (χ4n) is 3.08. The van der Waals surface area contributed by atoms with E-state index in [1.54, 1.807) is 0 Å². The Bertz CT molecular complexity index is 942. The minimum Gasteiger partial charge on any atom is -0.435 e. The maximum absolute atomic E-state index is 12.9. The third-order valence-electron chi connectivity index (χ3n) is 4.62. The zero-order valence-electron chi connectivity index (χ0n) is 15.2. The minimum atomic E-state index is -3.80. The van der Waals surface area contributed by atoms with Gasteiger partial charge in [0.05, 0.1) is 4.90 Å². The molecule has 0 aliphatic carbocycles. The van der Waals surface area contributed by atoms with Crippen molar-refractivity contribution in [3.8, 4) is 5.75 Å². The van der Waals surface area contributed by atoms with E-state index in [-0.39, 0.29) is 35.6 Å². The maximum Gasteiger partial charge on any atom is 0.387 e. The third-order valence-corrected chi connectivity index (χ3v) is 6.54. The SMILES string of the molecule is O=C(Nc1ccc(F)cc1)C1CCN(S(=O)(=O)c2ccc(OC(F)F)cc2)CC1. The van der Waals surface area contributed by atoms with Gasteiger partial charge in [0.1, 0.15) is 11.6 Å². The number of carbonyl (C=O) groups is 1. The van der Waals surface area contributed by atoms with Crippen LogP contribution in [0.4, 0.5) is 18.9 Å². The second kappa shape index (κ2) is 8.83. The van der Waals surface area contributed by atoms with Crippen LogP contribution in [0, 0.1) is 11.7 Å². The van der Waals surface area contributed by atoms with Crippen LogP contribution in [-0.2, 0) is 14.8 Å². The average molecular weight is 428 g/mol. The van der Waals surface area contributed by atoms with E-state index in [1.165, 1.54) is 52.8 Å². The van der Waals surface area contributed by atoms with Gasteiger partial charge in [-0.15, -0.1) is 0 Å². The summed E-state index contributed by atoms with van der Waals surface area (Å²) >= 11 is 0. The number of ether oxygens (including phenoxy) is 1. The highest BCUT2D eigenvalue weighted by atomic mass is 32.2. The van der Waals surface area contributed by atoms with Crippen molar-refractivity contribution < 1.29 is 31.1 Å². The van der Waals surface area contributed by atoms with Gasteiger partial charge >= 0.3 is 6.61 Å². The van der Waals surface area contributed by atoms with Gasteiger partial charge in [0.2, 0.25) is 15.9 Å². The van der Waals surface area contributed by atoms with E-state index in [1.807, 2.05) is 0 Å². The summed E-state index contributed by atoms with van der Waals surface area (Å²) in [6.45, 7) is -2.68. The van der Waals surface area contributed by atoms with Crippen LogP contribution in [0.1, 0.15) is 12.8 Å². The second-order valence-corrected chi connectivity index (χ2v) is 8.46. The molecule has 0 bridgehead atoms. The Kier molecular flexibility index (Phi) is 6.43. The smallest absolute Gasteiger partial charge is 0.387 e. The quantitative estimate of drug-likeness (QED) is 0.765. The van der Waals surface area contributed by atoms with Gasteiger partial charge in [0.15, 0.2) is 0 Å². The number of alkyl halides is 2. The molecule has 1 saturated heterocycles. The van der Waals surface area contributed by atoms with Gasteiger partial charge in [0, 0.05) is 24.7 Å². The number of rotatable bonds is 6. The van der Waals surface area contributed by atoms with Crippen molar-refractivity contribution in [3.63, 3.8) is 0 Å². The first kappa shape index (κ1) is 21.1. The molecule has 2 aromatic rings. The molecule has 1 aliphatic rings. The number of anilines is 1. The monoisotopic (exact) mass is 428 g/mol. The fourth-order valence-corrected chi connectivity index (χ4v) is 4.55. The van der Waals surface area contributed by atoms with Crippen LogP contribution < -0.4 is 10.1 Å². The summed E-state index contributed by atoms with van der Waals surface area (Å²) in [5, 5.41) is 2.70.